The first-order valence-electron chi connectivity index (χ1n) is 6.56. The van der Waals surface area contributed by atoms with Gasteiger partial charge in [0, 0.05) is 47.2 Å². The smallest absolute Gasteiger partial charge is 0.231 e. The Kier molecular flexibility index (Phi) is 4.59. The number of carbonyl (C=O) groups excluding carboxylic acids is 1. The van der Waals surface area contributed by atoms with Crippen molar-refractivity contribution in [3.8, 4) is 0 Å². The summed E-state index contributed by atoms with van der Waals surface area (Å²) in [5.74, 6) is 1.21. The normalized spacial score (nSPS) is 16.0. The molecule has 8 heteroatoms. The number of nitrogens with zero attached hydrogens (tertiary/aromatic N) is 6. The maximum absolute atomic E-state index is 11.4. The molecule has 110 valence electrons. The van der Waals surface area contributed by atoms with Crippen molar-refractivity contribution in [2.24, 2.45) is 0 Å². The zero-order valence-corrected chi connectivity index (χ0v) is 12.8. The Morgan fingerprint density at radius 1 is 1.15 bits per heavy atom. The van der Waals surface area contributed by atoms with Crippen molar-refractivity contribution in [1.82, 2.24) is 19.9 Å². The maximum atomic E-state index is 11.4. The Balaban J connectivity index is 2.17. The predicted octanol–water partition coefficient (Wildman–Crippen LogP) is 0.650. The van der Waals surface area contributed by atoms with Gasteiger partial charge in [-0.15, -0.1) is 0 Å². The summed E-state index contributed by atoms with van der Waals surface area (Å²) < 4.78 is 0. The summed E-state index contributed by atoms with van der Waals surface area (Å²) in [6, 6.07) is 0. The van der Waals surface area contributed by atoms with Crippen molar-refractivity contribution >= 4 is 29.4 Å². The van der Waals surface area contributed by atoms with E-state index >= 15 is 0 Å². The summed E-state index contributed by atoms with van der Waals surface area (Å²) >= 11 is 5.95. The number of anilines is 2. The highest BCUT2D eigenvalue weighted by molar-refractivity contribution is 6.28. The molecule has 1 aromatic heterocycles. The van der Waals surface area contributed by atoms with Crippen LogP contribution in [-0.2, 0) is 4.79 Å². The number of halogens is 1. The lowest BCUT2D eigenvalue weighted by Crippen LogP contribution is -2.34. The molecule has 0 aliphatic carbocycles. The number of carbonyl (C=O) groups is 1. The van der Waals surface area contributed by atoms with Crippen molar-refractivity contribution in [2.45, 2.75) is 13.3 Å². The minimum absolute atomic E-state index is 0.106. The molecule has 2 heterocycles. The number of hydrogen-bond acceptors (Lipinski definition) is 6. The second kappa shape index (κ2) is 6.21. The highest BCUT2D eigenvalue weighted by atomic mass is 35.5. The highest BCUT2D eigenvalue weighted by Crippen LogP contribution is 2.17. The molecule has 0 saturated carbocycles. The van der Waals surface area contributed by atoms with Crippen LogP contribution in [-0.4, -0.2) is 66.0 Å². The van der Waals surface area contributed by atoms with Crippen LogP contribution in [0.1, 0.15) is 13.3 Å². The molecule has 0 spiro atoms. The quantitative estimate of drug-likeness (QED) is 0.799. The summed E-state index contributed by atoms with van der Waals surface area (Å²) in [4.78, 5) is 29.8. The van der Waals surface area contributed by atoms with Crippen LogP contribution >= 0.6 is 11.6 Å². The van der Waals surface area contributed by atoms with Gasteiger partial charge in [-0.2, -0.15) is 15.0 Å². The van der Waals surface area contributed by atoms with Gasteiger partial charge < -0.3 is 14.7 Å². The Bertz CT molecular complexity index is 495. The van der Waals surface area contributed by atoms with E-state index in [0.29, 0.717) is 25.0 Å². The van der Waals surface area contributed by atoms with E-state index in [1.807, 2.05) is 23.9 Å². The number of rotatable bonds is 2. The molecule has 0 bridgehead atoms. The maximum Gasteiger partial charge on any atom is 0.231 e. The van der Waals surface area contributed by atoms with E-state index in [2.05, 4.69) is 15.0 Å². The molecule has 0 radical (unpaired) electrons. The minimum Gasteiger partial charge on any atom is -0.347 e. The lowest BCUT2D eigenvalue weighted by atomic mass is 10.4. The summed E-state index contributed by atoms with van der Waals surface area (Å²) in [6.45, 7) is 4.55. The molecule has 1 saturated heterocycles. The van der Waals surface area contributed by atoms with Crippen molar-refractivity contribution < 1.29 is 4.79 Å². The summed E-state index contributed by atoms with van der Waals surface area (Å²) in [6.07, 6.45) is 0.889. The molecule has 7 nitrogen and oxygen atoms in total. The Hall–Kier alpha value is -1.63. The van der Waals surface area contributed by atoms with Gasteiger partial charge in [-0.25, -0.2) is 0 Å². The Labute approximate surface area is 123 Å². The van der Waals surface area contributed by atoms with E-state index in [4.69, 9.17) is 11.6 Å². The van der Waals surface area contributed by atoms with Gasteiger partial charge in [-0.1, -0.05) is 0 Å². The Morgan fingerprint density at radius 2 is 1.90 bits per heavy atom. The molecule has 1 fully saturated rings. The molecule has 1 aliphatic heterocycles. The second-order valence-electron chi connectivity index (χ2n) is 4.95. The molecule has 1 aromatic rings. The van der Waals surface area contributed by atoms with E-state index in [1.54, 1.807) is 11.8 Å². The van der Waals surface area contributed by atoms with Gasteiger partial charge in [0.15, 0.2) is 0 Å². The molecule has 0 N–H and O–H groups in total. The van der Waals surface area contributed by atoms with Crippen LogP contribution in [0, 0.1) is 0 Å². The van der Waals surface area contributed by atoms with Gasteiger partial charge in [-0.3, -0.25) is 4.79 Å². The van der Waals surface area contributed by atoms with Gasteiger partial charge in [0.2, 0.25) is 23.1 Å². The lowest BCUT2D eigenvalue weighted by molar-refractivity contribution is -0.128. The van der Waals surface area contributed by atoms with Gasteiger partial charge in [-0.05, 0) is 18.0 Å². The van der Waals surface area contributed by atoms with Gasteiger partial charge in [0.25, 0.3) is 0 Å². The minimum atomic E-state index is 0.106. The van der Waals surface area contributed by atoms with Crippen molar-refractivity contribution in [2.75, 3.05) is 50.1 Å². The van der Waals surface area contributed by atoms with Crippen LogP contribution < -0.4 is 9.80 Å². The van der Waals surface area contributed by atoms with Crippen molar-refractivity contribution in [3.63, 3.8) is 0 Å². The molecular formula is C12H19ClN6O. The third-order valence-electron chi connectivity index (χ3n) is 3.21. The molecule has 1 aliphatic rings. The molecule has 0 atom stereocenters. The van der Waals surface area contributed by atoms with Crippen LogP contribution in [0.25, 0.3) is 0 Å². The summed E-state index contributed by atoms with van der Waals surface area (Å²) in [7, 11) is 3.71. The number of amides is 1. The topological polar surface area (TPSA) is 65.5 Å². The lowest BCUT2D eigenvalue weighted by Gasteiger charge is -2.22. The Morgan fingerprint density at radius 3 is 2.55 bits per heavy atom. The van der Waals surface area contributed by atoms with Gasteiger partial charge >= 0.3 is 0 Å². The van der Waals surface area contributed by atoms with E-state index in [-0.39, 0.29) is 11.2 Å². The average Bonchev–Trinajstić information content (AvgIpc) is 2.63. The average molecular weight is 299 g/mol. The second-order valence-corrected chi connectivity index (χ2v) is 5.28. The predicted molar refractivity (Wildman–Crippen MR) is 78.2 cm³/mol. The molecule has 1 amide bonds. The first kappa shape index (κ1) is 14.8. The fourth-order valence-electron chi connectivity index (χ4n) is 2.10. The third-order valence-corrected chi connectivity index (χ3v) is 3.38. The van der Waals surface area contributed by atoms with Gasteiger partial charge in [0.1, 0.15) is 0 Å². The van der Waals surface area contributed by atoms with Crippen LogP contribution in [0.4, 0.5) is 11.9 Å². The summed E-state index contributed by atoms with van der Waals surface area (Å²) in [5.41, 5.74) is 0. The zero-order valence-electron chi connectivity index (χ0n) is 12.0. The van der Waals surface area contributed by atoms with Crippen molar-refractivity contribution in [1.29, 1.82) is 0 Å². The van der Waals surface area contributed by atoms with E-state index in [1.165, 1.54) is 0 Å². The largest absolute Gasteiger partial charge is 0.347 e. The molecule has 0 unspecified atom stereocenters. The monoisotopic (exact) mass is 298 g/mol. The molecular weight excluding hydrogens is 280 g/mol. The SMILES string of the molecule is CC(=O)N1CCCN(c2nc(Cl)nc(N(C)C)n2)CC1. The standard InChI is InChI=1S/C12H19ClN6O/c1-9(20)18-5-4-6-19(8-7-18)12-15-10(13)14-11(16-12)17(2)3/h4-8H2,1-3H3. The van der Waals surface area contributed by atoms with Crippen LogP contribution in [0.2, 0.25) is 5.28 Å². The molecule has 0 aromatic carbocycles. The highest BCUT2D eigenvalue weighted by Gasteiger charge is 2.19. The van der Waals surface area contributed by atoms with E-state index in [0.717, 1.165) is 19.5 Å². The first-order valence-corrected chi connectivity index (χ1v) is 6.94. The van der Waals surface area contributed by atoms with E-state index in [9.17, 15) is 4.79 Å². The van der Waals surface area contributed by atoms with Crippen LogP contribution in [0.3, 0.4) is 0 Å². The van der Waals surface area contributed by atoms with Crippen molar-refractivity contribution in [3.05, 3.63) is 5.28 Å². The number of aromatic nitrogens is 3. The fraction of sp³-hybridized carbons (Fsp3) is 0.667. The van der Waals surface area contributed by atoms with Gasteiger partial charge in [0.05, 0.1) is 0 Å². The third kappa shape index (κ3) is 3.47. The van der Waals surface area contributed by atoms with Crippen LogP contribution in [0.15, 0.2) is 0 Å². The first-order chi connectivity index (χ1) is 9.47. The van der Waals surface area contributed by atoms with Crippen LogP contribution in [0.5, 0.6) is 0 Å². The molecule has 2 rings (SSSR count). The fourth-order valence-corrected chi connectivity index (χ4v) is 2.25. The molecule has 20 heavy (non-hydrogen) atoms. The summed E-state index contributed by atoms with van der Waals surface area (Å²) in [5, 5.41) is 0.186. The number of hydrogen-bond donors (Lipinski definition) is 0. The van der Waals surface area contributed by atoms with E-state index < -0.39 is 0 Å². The zero-order chi connectivity index (χ0) is 14.7.